The zero-order valence-electron chi connectivity index (χ0n) is 18.3. The summed E-state index contributed by atoms with van der Waals surface area (Å²) in [5, 5.41) is 27.1. The summed E-state index contributed by atoms with van der Waals surface area (Å²) in [5.74, 6) is -2.38. The fraction of sp³-hybridized carbons (Fsp3) is 0.250. The molecule has 0 fully saturated rings. The largest absolute Gasteiger partial charge is 0.480 e. The summed E-state index contributed by atoms with van der Waals surface area (Å²) in [6, 6.07) is 14.5. The van der Waals surface area contributed by atoms with Gasteiger partial charge in [-0.25, -0.2) is 9.59 Å². The van der Waals surface area contributed by atoms with Crippen LogP contribution in [0.25, 0.3) is 11.1 Å². The minimum absolute atomic E-state index is 0.0496. The molecule has 0 radical (unpaired) electrons. The van der Waals surface area contributed by atoms with Crippen molar-refractivity contribution in [2.24, 2.45) is 7.05 Å². The Morgan fingerprint density at radius 1 is 1.03 bits per heavy atom. The smallest absolute Gasteiger partial charge is 0.408 e. The topological polar surface area (TPSA) is 143 Å². The van der Waals surface area contributed by atoms with E-state index >= 15 is 0 Å². The molecule has 0 saturated carbocycles. The zero-order valence-corrected chi connectivity index (χ0v) is 18.3. The molecule has 1 aromatic heterocycles. The standard InChI is InChI=1S/C24H24N4O6/c1-28-20(10-11-25-28)21(22(30)26-19(12-29)23(31)32)27-24(33)34-13-18-16-8-4-2-6-14(16)15-7-3-5-9-17(15)18/h2-11,18-19,21,29H,12-13H2,1H3,(H,26,30)(H,27,33)(H,31,32)/t19-,21?/m0/s1. The predicted octanol–water partition coefficient (Wildman–Crippen LogP) is 1.56. The van der Waals surface area contributed by atoms with Gasteiger partial charge in [0.25, 0.3) is 0 Å². The summed E-state index contributed by atoms with van der Waals surface area (Å²) in [6.07, 6.45) is 0.592. The molecule has 1 heterocycles. The molecule has 2 atom stereocenters. The van der Waals surface area contributed by atoms with Gasteiger partial charge < -0.3 is 25.6 Å². The van der Waals surface area contributed by atoms with Crippen LogP contribution in [-0.4, -0.2) is 57.2 Å². The van der Waals surface area contributed by atoms with Gasteiger partial charge in [0.05, 0.1) is 12.3 Å². The van der Waals surface area contributed by atoms with E-state index in [0.717, 1.165) is 22.3 Å². The molecular weight excluding hydrogens is 440 g/mol. The second-order valence-electron chi connectivity index (χ2n) is 7.86. The number of benzene rings is 2. The number of amides is 2. The third-order valence-corrected chi connectivity index (χ3v) is 5.82. The van der Waals surface area contributed by atoms with Crippen LogP contribution in [0.2, 0.25) is 0 Å². The second-order valence-corrected chi connectivity index (χ2v) is 7.86. The van der Waals surface area contributed by atoms with Crippen LogP contribution >= 0.6 is 0 Å². The number of nitrogens with zero attached hydrogens (tertiary/aromatic N) is 2. The quantitative estimate of drug-likeness (QED) is 0.396. The summed E-state index contributed by atoms with van der Waals surface area (Å²) in [4.78, 5) is 36.7. The van der Waals surface area contributed by atoms with Crippen molar-refractivity contribution in [3.8, 4) is 11.1 Å². The number of aryl methyl sites for hydroxylation is 1. The number of carbonyl (C=O) groups excluding carboxylic acids is 2. The van der Waals surface area contributed by atoms with Gasteiger partial charge in [0.15, 0.2) is 6.04 Å². The van der Waals surface area contributed by atoms with Gasteiger partial charge in [0, 0.05) is 19.2 Å². The lowest BCUT2D eigenvalue weighted by molar-refractivity contribution is -0.143. The lowest BCUT2D eigenvalue weighted by Crippen LogP contribution is -2.49. The molecule has 0 spiro atoms. The highest BCUT2D eigenvalue weighted by Crippen LogP contribution is 2.44. The normalized spacial score (nSPS) is 13.9. The Morgan fingerprint density at radius 3 is 2.18 bits per heavy atom. The van der Waals surface area contributed by atoms with Crippen LogP contribution in [0.15, 0.2) is 60.8 Å². The molecule has 0 aliphatic heterocycles. The maximum atomic E-state index is 12.8. The van der Waals surface area contributed by atoms with Crippen LogP contribution in [0.5, 0.6) is 0 Å². The maximum Gasteiger partial charge on any atom is 0.408 e. The Labute approximate surface area is 195 Å². The number of fused-ring (bicyclic) bond motifs is 3. The minimum Gasteiger partial charge on any atom is -0.480 e. The monoisotopic (exact) mass is 464 g/mol. The molecule has 10 heteroatoms. The van der Waals surface area contributed by atoms with Crippen LogP contribution < -0.4 is 10.6 Å². The Morgan fingerprint density at radius 2 is 1.65 bits per heavy atom. The van der Waals surface area contributed by atoms with E-state index in [1.807, 2.05) is 48.5 Å². The van der Waals surface area contributed by atoms with Crippen molar-refractivity contribution < 1.29 is 29.3 Å². The van der Waals surface area contributed by atoms with Gasteiger partial charge >= 0.3 is 12.1 Å². The zero-order chi connectivity index (χ0) is 24.2. The molecular formula is C24H24N4O6. The molecule has 4 rings (SSSR count). The maximum absolute atomic E-state index is 12.8. The molecule has 3 aromatic rings. The molecule has 10 nitrogen and oxygen atoms in total. The molecule has 2 aromatic carbocycles. The molecule has 1 aliphatic rings. The third-order valence-electron chi connectivity index (χ3n) is 5.82. The first-order chi connectivity index (χ1) is 16.4. The summed E-state index contributed by atoms with van der Waals surface area (Å²) >= 11 is 0. The van der Waals surface area contributed by atoms with Crippen molar-refractivity contribution in [3.05, 3.63) is 77.6 Å². The van der Waals surface area contributed by atoms with Crippen LogP contribution in [0.1, 0.15) is 28.8 Å². The Kier molecular flexibility index (Phi) is 6.60. The number of aromatic nitrogens is 2. The number of aliphatic hydroxyl groups excluding tert-OH is 1. The Hall–Kier alpha value is -4.18. The predicted molar refractivity (Wildman–Crippen MR) is 121 cm³/mol. The molecule has 0 bridgehead atoms. The molecule has 2 amide bonds. The highest BCUT2D eigenvalue weighted by molar-refractivity contribution is 5.90. The number of nitrogens with one attached hydrogen (secondary N) is 2. The van der Waals surface area contributed by atoms with Gasteiger partial charge in [-0.15, -0.1) is 0 Å². The molecule has 1 aliphatic carbocycles. The third kappa shape index (κ3) is 4.48. The number of aliphatic hydroxyl groups is 1. The van der Waals surface area contributed by atoms with E-state index in [-0.39, 0.29) is 12.5 Å². The fourth-order valence-corrected chi connectivity index (χ4v) is 4.14. The average Bonchev–Trinajstić information content (AvgIpc) is 3.40. The molecule has 34 heavy (non-hydrogen) atoms. The van der Waals surface area contributed by atoms with E-state index in [1.54, 1.807) is 7.05 Å². The SMILES string of the molecule is Cn1nccc1C(NC(=O)OCC1c2ccccc2-c2ccccc21)C(=O)N[C@@H](CO)C(=O)O. The van der Waals surface area contributed by atoms with Crippen LogP contribution in [-0.2, 0) is 21.4 Å². The first kappa shape index (κ1) is 23.0. The second kappa shape index (κ2) is 9.75. The van der Waals surface area contributed by atoms with Crippen LogP contribution in [0.4, 0.5) is 4.79 Å². The Bertz CT molecular complexity index is 1180. The summed E-state index contributed by atoms with van der Waals surface area (Å²) < 4.78 is 6.89. The van der Waals surface area contributed by atoms with Crippen molar-refractivity contribution in [2.45, 2.75) is 18.0 Å². The van der Waals surface area contributed by atoms with Gasteiger partial charge in [-0.2, -0.15) is 5.10 Å². The van der Waals surface area contributed by atoms with E-state index in [9.17, 15) is 19.5 Å². The number of carboxylic acid groups (broad SMARTS) is 1. The number of ether oxygens (including phenoxy) is 1. The number of hydrogen-bond acceptors (Lipinski definition) is 6. The number of carboxylic acids is 1. The lowest BCUT2D eigenvalue weighted by atomic mass is 9.98. The summed E-state index contributed by atoms with van der Waals surface area (Å²) in [5.41, 5.74) is 4.58. The average molecular weight is 464 g/mol. The first-order valence-corrected chi connectivity index (χ1v) is 10.6. The van der Waals surface area contributed by atoms with E-state index in [4.69, 9.17) is 9.84 Å². The van der Waals surface area contributed by atoms with Crippen molar-refractivity contribution in [1.29, 1.82) is 0 Å². The molecule has 0 saturated heterocycles. The number of rotatable bonds is 8. The van der Waals surface area contributed by atoms with Gasteiger partial charge in [-0.3, -0.25) is 9.48 Å². The van der Waals surface area contributed by atoms with Crippen LogP contribution in [0.3, 0.4) is 0 Å². The first-order valence-electron chi connectivity index (χ1n) is 10.6. The van der Waals surface area contributed by atoms with Crippen molar-refractivity contribution >= 4 is 18.0 Å². The van der Waals surface area contributed by atoms with Gasteiger partial charge in [-0.05, 0) is 28.3 Å². The van der Waals surface area contributed by atoms with Gasteiger partial charge in [0.1, 0.15) is 12.6 Å². The Balaban J connectivity index is 1.49. The van der Waals surface area contributed by atoms with Crippen LogP contribution in [0, 0.1) is 0 Å². The number of carbonyl (C=O) groups is 3. The van der Waals surface area contributed by atoms with Gasteiger partial charge in [0.2, 0.25) is 5.91 Å². The van der Waals surface area contributed by atoms with E-state index in [1.165, 1.54) is 16.9 Å². The molecule has 176 valence electrons. The summed E-state index contributed by atoms with van der Waals surface area (Å²) in [7, 11) is 1.58. The van der Waals surface area contributed by atoms with Crippen molar-refractivity contribution in [1.82, 2.24) is 20.4 Å². The number of alkyl carbamates (subject to hydrolysis) is 1. The van der Waals surface area contributed by atoms with E-state index < -0.39 is 36.7 Å². The summed E-state index contributed by atoms with van der Waals surface area (Å²) in [6.45, 7) is -0.752. The highest BCUT2D eigenvalue weighted by Gasteiger charge is 2.32. The molecule has 1 unspecified atom stereocenters. The minimum atomic E-state index is -1.52. The lowest BCUT2D eigenvalue weighted by Gasteiger charge is -2.21. The van der Waals surface area contributed by atoms with Gasteiger partial charge in [-0.1, -0.05) is 48.5 Å². The highest BCUT2D eigenvalue weighted by atomic mass is 16.5. The van der Waals surface area contributed by atoms with E-state index in [0.29, 0.717) is 5.69 Å². The number of hydrogen-bond donors (Lipinski definition) is 4. The van der Waals surface area contributed by atoms with Crippen molar-refractivity contribution in [2.75, 3.05) is 13.2 Å². The van der Waals surface area contributed by atoms with E-state index in [2.05, 4.69) is 15.7 Å². The number of aliphatic carboxylic acids is 1. The fourth-order valence-electron chi connectivity index (χ4n) is 4.14. The molecule has 4 N–H and O–H groups in total. The van der Waals surface area contributed by atoms with Crippen molar-refractivity contribution in [3.63, 3.8) is 0 Å².